The van der Waals surface area contributed by atoms with Crippen LogP contribution in [0.15, 0.2) is 48.3 Å². The molecule has 43 heavy (non-hydrogen) atoms. The highest BCUT2D eigenvalue weighted by atomic mass is 35.5. The van der Waals surface area contributed by atoms with Crippen LogP contribution in [0.1, 0.15) is 64.4 Å². The predicted octanol–water partition coefficient (Wildman–Crippen LogP) is 6.57. The molecule has 232 valence electrons. The number of hydrogen-bond acceptors (Lipinski definition) is 6. The smallest absolute Gasteiger partial charge is 0.326 e. The summed E-state index contributed by atoms with van der Waals surface area (Å²) in [4.78, 5) is 37.4. The number of unbranched alkanes of at least 4 members (excludes halogenated alkanes) is 2. The van der Waals surface area contributed by atoms with E-state index < -0.39 is 23.7 Å². The molecule has 0 saturated carbocycles. The van der Waals surface area contributed by atoms with Gasteiger partial charge in [0.25, 0.3) is 0 Å². The first kappa shape index (κ1) is 32.7. The van der Waals surface area contributed by atoms with Crippen LogP contribution in [0.5, 0.6) is 0 Å². The molecule has 1 aliphatic heterocycles. The highest BCUT2D eigenvalue weighted by Gasteiger charge is 2.33. The Morgan fingerprint density at radius 3 is 2.77 bits per heavy atom. The molecule has 1 amide bonds. The third-order valence-corrected chi connectivity index (χ3v) is 8.92. The van der Waals surface area contributed by atoms with Crippen LogP contribution in [-0.4, -0.2) is 59.7 Å². The van der Waals surface area contributed by atoms with Crippen molar-refractivity contribution in [1.82, 2.24) is 15.3 Å². The second-order valence-electron chi connectivity index (χ2n) is 11.7. The van der Waals surface area contributed by atoms with E-state index in [4.69, 9.17) is 23.2 Å². The van der Waals surface area contributed by atoms with Crippen molar-refractivity contribution in [2.24, 2.45) is 5.92 Å². The van der Waals surface area contributed by atoms with Gasteiger partial charge in [0.2, 0.25) is 11.7 Å². The van der Waals surface area contributed by atoms with Crippen LogP contribution < -0.4 is 15.1 Å². The maximum Gasteiger partial charge on any atom is 0.326 e. The molecule has 2 aliphatic rings. The van der Waals surface area contributed by atoms with Crippen molar-refractivity contribution in [2.45, 2.75) is 70.3 Å². The number of hydrogen-bond donors (Lipinski definition) is 2. The molecule has 2 aromatic rings. The van der Waals surface area contributed by atoms with E-state index in [2.05, 4.69) is 22.2 Å². The molecule has 2 N–H and O–H groups in total. The minimum Gasteiger partial charge on any atom is -0.480 e. The number of piperidine rings is 1. The van der Waals surface area contributed by atoms with Crippen molar-refractivity contribution in [2.75, 3.05) is 36.5 Å². The lowest BCUT2D eigenvalue weighted by molar-refractivity contribution is -0.142. The largest absolute Gasteiger partial charge is 0.480 e. The number of carbonyl (C=O) groups is 2. The second-order valence-corrected chi connectivity index (χ2v) is 12.6. The van der Waals surface area contributed by atoms with Crippen LogP contribution in [0.4, 0.5) is 16.0 Å². The number of aliphatic carboxylic acids is 1. The average Bonchev–Trinajstić information content (AvgIpc) is 2.99. The first-order chi connectivity index (χ1) is 20.5. The predicted molar refractivity (Wildman–Crippen MR) is 170 cm³/mol. The number of halogens is 3. The van der Waals surface area contributed by atoms with E-state index in [1.165, 1.54) is 6.33 Å². The average molecular weight is 633 g/mol. The molecule has 0 spiro atoms. The van der Waals surface area contributed by atoms with E-state index in [9.17, 15) is 14.7 Å². The first-order valence-electron chi connectivity index (χ1n) is 14.9. The molecular weight excluding hydrogens is 592 g/mol. The lowest BCUT2D eigenvalue weighted by atomic mass is 9.75. The minimum atomic E-state index is -1.11. The maximum atomic E-state index is 15.5. The van der Waals surface area contributed by atoms with Crippen molar-refractivity contribution < 1.29 is 19.1 Å². The third kappa shape index (κ3) is 8.06. The van der Waals surface area contributed by atoms with E-state index in [1.54, 1.807) is 21.9 Å². The molecule has 1 aromatic carbocycles. The van der Waals surface area contributed by atoms with Gasteiger partial charge in [-0.1, -0.05) is 68.1 Å². The monoisotopic (exact) mass is 631 g/mol. The minimum absolute atomic E-state index is 0.141. The van der Waals surface area contributed by atoms with E-state index in [0.29, 0.717) is 42.4 Å². The fourth-order valence-corrected chi connectivity index (χ4v) is 6.21. The van der Waals surface area contributed by atoms with Gasteiger partial charge in [-0.05, 0) is 55.0 Å². The van der Waals surface area contributed by atoms with Gasteiger partial charge in [-0.2, -0.15) is 4.39 Å². The molecule has 3 atom stereocenters. The maximum absolute atomic E-state index is 15.5. The zero-order chi connectivity index (χ0) is 31.1. The van der Waals surface area contributed by atoms with E-state index in [-0.39, 0.29) is 35.9 Å². The third-order valence-electron chi connectivity index (χ3n) is 8.35. The molecule has 11 heteroatoms. The molecule has 0 bridgehead atoms. The highest BCUT2D eigenvalue weighted by molar-refractivity contribution is 6.33. The summed E-state index contributed by atoms with van der Waals surface area (Å²) in [6.45, 7) is 5.64. The normalized spacial score (nSPS) is 20.8. The van der Waals surface area contributed by atoms with Gasteiger partial charge >= 0.3 is 5.97 Å². The zero-order valence-corrected chi connectivity index (χ0v) is 26.5. The fraction of sp³-hybridized carbons (Fsp3) is 0.500. The Hall–Kier alpha value is -3.17. The standard InChI is InChI=1S/C32H40Cl2FN5O3/c1-4-5-6-15-39(3)28-27(35)29(37-20-36-28)40-16-7-8-22(19-40)30(41)38-26(31(42)43)17-21-11-13-32(2,14-12-21)24-18-23(33)9-10-25(24)34/h9-13,18,20,22,26H,4-8,14-17,19H2,1-3H3,(H,38,41)(H,42,43)/t22?,26-,32?/m0/s1. The van der Waals surface area contributed by atoms with Crippen LogP contribution in [-0.2, 0) is 15.0 Å². The fourth-order valence-electron chi connectivity index (χ4n) is 5.71. The van der Waals surface area contributed by atoms with Crippen molar-refractivity contribution in [3.8, 4) is 0 Å². The van der Waals surface area contributed by atoms with Gasteiger partial charge in [-0.15, -0.1) is 0 Å². The van der Waals surface area contributed by atoms with E-state index in [1.807, 2.05) is 38.3 Å². The Morgan fingerprint density at radius 1 is 1.28 bits per heavy atom. The molecule has 1 fully saturated rings. The van der Waals surface area contributed by atoms with Crippen LogP contribution in [0.3, 0.4) is 0 Å². The number of nitrogens with zero attached hydrogens (tertiary/aromatic N) is 4. The van der Waals surface area contributed by atoms with Gasteiger partial charge < -0.3 is 20.2 Å². The summed E-state index contributed by atoms with van der Waals surface area (Å²) in [5.74, 6) is -2.08. The molecule has 1 aliphatic carbocycles. The molecule has 2 unspecified atom stereocenters. The van der Waals surface area contributed by atoms with Crippen LogP contribution in [0.25, 0.3) is 0 Å². The Labute approximate surface area is 263 Å². The quantitative estimate of drug-likeness (QED) is 0.256. The molecule has 1 saturated heterocycles. The molecule has 1 aromatic heterocycles. The molecule has 2 heterocycles. The Bertz CT molecular complexity index is 1390. The molecule has 0 radical (unpaired) electrons. The summed E-state index contributed by atoms with van der Waals surface area (Å²) in [5, 5.41) is 13.9. The number of carboxylic acid groups (broad SMARTS) is 1. The summed E-state index contributed by atoms with van der Waals surface area (Å²) >= 11 is 12.6. The number of amides is 1. The van der Waals surface area contributed by atoms with E-state index in [0.717, 1.165) is 30.4 Å². The van der Waals surface area contributed by atoms with Gasteiger partial charge in [0, 0.05) is 48.6 Å². The van der Waals surface area contributed by atoms with Crippen LogP contribution in [0, 0.1) is 11.7 Å². The topological polar surface area (TPSA) is 98.7 Å². The number of rotatable bonds is 12. The van der Waals surface area contributed by atoms with Crippen molar-refractivity contribution in [3.05, 3.63) is 69.8 Å². The SMILES string of the molecule is CCCCCN(C)c1ncnc(N2CCCC(C(=O)N[C@@H](CC3=CCC(C)(c4cc(Cl)ccc4Cl)C=C3)C(=O)O)C2)c1F. The van der Waals surface area contributed by atoms with Gasteiger partial charge in [-0.3, -0.25) is 4.79 Å². The second kappa shape index (κ2) is 14.5. The van der Waals surface area contributed by atoms with Crippen LogP contribution in [0.2, 0.25) is 10.0 Å². The number of aromatic nitrogens is 2. The van der Waals surface area contributed by atoms with E-state index >= 15 is 4.39 Å². The lowest BCUT2D eigenvalue weighted by Gasteiger charge is -2.34. The zero-order valence-electron chi connectivity index (χ0n) is 25.0. The number of nitrogens with one attached hydrogen (secondary N) is 1. The number of anilines is 2. The Balaban J connectivity index is 1.39. The summed E-state index contributed by atoms with van der Waals surface area (Å²) in [7, 11) is 1.81. The summed E-state index contributed by atoms with van der Waals surface area (Å²) < 4.78 is 15.5. The Kier molecular flexibility index (Phi) is 11.1. The van der Waals surface area contributed by atoms with Gasteiger partial charge in [0.05, 0.1) is 5.92 Å². The summed E-state index contributed by atoms with van der Waals surface area (Å²) in [6.07, 6.45) is 12.3. The van der Waals surface area contributed by atoms with Crippen molar-refractivity contribution >= 4 is 46.7 Å². The molecular formula is C32H40Cl2FN5O3. The molecule has 8 nitrogen and oxygen atoms in total. The lowest BCUT2D eigenvalue weighted by Crippen LogP contribution is -2.48. The number of benzene rings is 1. The first-order valence-corrected chi connectivity index (χ1v) is 15.6. The summed E-state index contributed by atoms with van der Waals surface area (Å²) in [5.41, 5.74) is 1.32. The van der Waals surface area contributed by atoms with Crippen molar-refractivity contribution in [1.29, 1.82) is 0 Å². The molecule has 4 rings (SSSR count). The number of carbonyl (C=O) groups excluding carboxylic acids is 1. The number of carboxylic acids is 1. The van der Waals surface area contributed by atoms with Gasteiger partial charge in [0.15, 0.2) is 11.6 Å². The Morgan fingerprint density at radius 2 is 2.07 bits per heavy atom. The van der Waals surface area contributed by atoms with Gasteiger partial charge in [-0.25, -0.2) is 14.8 Å². The van der Waals surface area contributed by atoms with Crippen molar-refractivity contribution in [3.63, 3.8) is 0 Å². The van der Waals surface area contributed by atoms with Crippen LogP contribution >= 0.6 is 23.2 Å². The van der Waals surface area contributed by atoms with Gasteiger partial charge in [0.1, 0.15) is 12.4 Å². The number of allylic oxidation sites excluding steroid dienone is 3. The highest BCUT2D eigenvalue weighted by Crippen LogP contribution is 2.39. The summed E-state index contributed by atoms with van der Waals surface area (Å²) in [6, 6.07) is 4.26.